The maximum absolute atomic E-state index is 15.5. The second-order valence-corrected chi connectivity index (χ2v) is 10.6. The first-order valence-corrected chi connectivity index (χ1v) is 13.8. The molecule has 1 atom stereocenters. The molecule has 214 valence electrons. The fourth-order valence-corrected chi connectivity index (χ4v) is 5.23. The van der Waals surface area contributed by atoms with Crippen LogP contribution in [0.5, 0.6) is 5.88 Å². The molecule has 5 aromatic rings. The van der Waals surface area contributed by atoms with Crippen LogP contribution in [0.3, 0.4) is 0 Å². The molecule has 42 heavy (non-hydrogen) atoms. The van der Waals surface area contributed by atoms with Gasteiger partial charge < -0.3 is 19.1 Å². The van der Waals surface area contributed by atoms with Crippen molar-refractivity contribution < 1.29 is 28.2 Å². The van der Waals surface area contributed by atoms with Crippen molar-refractivity contribution in [1.29, 1.82) is 0 Å². The summed E-state index contributed by atoms with van der Waals surface area (Å²) in [6.07, 6.45) is 1.13. The summed E-state index contributed by atoms with van der Waals surface area (Å²) in [4.78, 5) is 20.9. The van der Waals surface area contributed by atoms with Gasteiger partial charge in [-0.25, -0.2) is 23.5 Å². The van der Waals surface area contributed by atoms with E-state index < -0.39 is 11.8 Å². The van der Waals surface area contributed by atoms with Gasteiger partial charge in [0.05, 0.1) is 28.9 Å². The lowest BCUT2D eigenvalue weighted by Crippen LogP contribution is -2.14. The second-order valence-electron chi connectivity index (χ2n) is 10.6. The molecule has 0 bridgehead atoms. The largest absolute Gasteiger partial charge is 0.478 e. The summed E-state index contributed by atoms with van der Waals surface area (Å²) in [7, 11) is 0. The average molecular weight is 570 g/mol. The smallest absolute Gasteiger partial charge is 0.335 e. The lowest BCUT2D eigenvalue weighted by Gasteiger charge is -2.14. The Hall–Kier alpha value is -4.63. The summed E-state index contributed by atoms with van der Waals surface area (Å²) in [6.45, 7) is 3.76. The molecule has 0 radical (unpaired) electrons. The zero-order valence-corrected chi connectivity index (χ0v) is 23.0. The highest BCUT2D eigenvalue weighted by Gasteiger charge is 2.21. The molecule has 1 aliphatic heterocycles. The fraction of sp³-hybridized carbons (Fsp3) is 0.242. The molecule has 1 fully saturated rings. The summed E-state index contributed by atoms with van der Waals surface area (Å²) in [5.74, 6) is -0.523. The molecule has 6 rings (SSSR count). The molecule has 1 N–H and O–H groups in total. The third kappa shape index (κ3) is 5.87. The Morgan fingerprint density at radius 3 is 2.62 bits per heavy atom. The van der Waals surface area contributed by atoms with Crippen molar-refractivity contribution in [2.75, 3.05) is 13.2 Å². The Bertz CT molecular complexity index is 1780. The second kappa shape index (κ2) is 11.7. The Kier molecular flexibility index (Phi) is 7.67. The van der Waals surface area contributed by atoms with Crippen molar-refractivity contribution in [2.45, 2.75) is 32.9 Å². The van der Waals surface area contributed by atoms with Gasteiger partial charge in [-0.2, -0.15) is 0 Å². The number of hydrogen-bond acceptors (Lipinski definition) is 5. The van der Waals surface area contributed by atoms with Crippen molar-refractivity contribution >= 4 is 17.0 Å². The lowest BCUT2D eigenvalue weighted by molar-refractivity contribution is 0.0697. The van der Waals surface area contributed by atoms with E-state index in [-0.39, 0.29) is 30.3 Å². The van der Waals surface area contributed by atoms with E-state index in [0.717, 1.165) is 12.0 Å². The third-order valence-electron chi connectivity index (χ3n) is 7.54. The van der Waals surface area contributed by atoms with Crippen LogP contribution in [-0.2, 0) is 24.3 Å². The molecule has 2 aromatic heterocycles. The Balaban J connectivity index is 1.24. The van der Waals surface area contributed by atoms with E-state index in [9.17, 15) is 14.3 Å². The van der Waals surface area contributed by atoms with Crippen LogP contribution in [0.25, 0.3) is 22.3 Å². The third-order valence-corrected chi connectivity index (χ3v) is 7.54. The number of hydrogen-bond donors (Lipinski definition) is 1. The van der Waals surface area contributed by atoms with E-state index in [1.807, 2.05) is 17.6 Å². The number of pyridine rings is 1. The maximum Gasteiger partial charge on any atom is 0.335 e. The van der Waals surface area contributed by atoms with E-state index in [1.54, 1.807) is 48.5 Å². The number of ether oxygens (including phenoxy) is 2. The minimum absolute atomic E-state index is 0.0256. The predicted molar refractivity (Wildman–Crippen MR) is 154 cm³/mol. The summed E-state index contributed by atoms with van der Waals surface area (Å²) in [6, 6.07) is 19.9. The fourth-order valence-electron chi connectivity index (χ4n) is 5.23. The van der Waals surface area contributed by atoms with Gasteiger partial charge in [0.2, 0.25) is 5.88 Å². The molecule has 9 heteroatoms. The van der Waals surface area contributed by atoms with Gasteiger partial charge in [0.25, 0.3) is 0 Å². The predicted octanol–water partition coefficient (Wildman–Crippen LogP) is 6.59. The number of aryl methyl sites for hydroxylation is 1. The van der Waals surface area contributed by atoms with Crippen LogP contribution in [0.1, 0.15) is 39.3 Å². The maximum atomic E-state index is 15.5. The SMILES string of the molecule is Cc1ccc(COc2cccc(-c3ccc(Cc4nc5ccc(C(=O)O)cc5n4C[C@H]4CCOC4)c(F)c3)n2)c(F)c1. The molecule has 0 aliphatic carbocycles. The first-order chi connectivity index (χ1) is 20.3. The Labute approximate surface area is 241 Å². The van der Waals surface area contributed by atoms with Crippen molar-refractivity contribution in [3.63, 3.8) is 0 Å². The number of fused-ring (bicyclic) bond motifs is 1. The summed E-state index contributed by atoms with van der Waals surface area (Å²) < 4.78 is 43.0. The summed E-state index contributed by atoms with van der Waals surface area (Å²) in [5, 5.41) is 9.51. The highest BCUT2D eigenvalue weighted by Crippen LogP contribution is 2.27. The minimum Gasteiger partial charge on any atom is -0.478 e. The van der Waals surface area contributed by atoms with Gasteiger partial charge in [-0.05, 0) is 60.9 Å². The Morgan fingerprint density at radius 2 is 1.86 bits per heavy atom. The highest BCUT2D eigenvalue weighted by atomic mass is 19.1. The molecule has 0 unspecified atom stereocenters. The minimum atomic E-state index is -1.01. The van der Waals surface area contributed by atoms with Crippen LogP contribution < -0.4 is 4.74 Å². The molecule has 0 amide bonds. The molecule has 1 saturated heterocycles. The quantitative estimate of drug-likeness (QED) is 0.216. The van der Waals surface area contributed by atoms with Gasteiger partial charge in [0, 0.05) is 42.7 Å². The Morgan fingerprint density at radius 1 is 1.02 bits per heavy atom. The van der Waals surface area contributed by atoms with Gasteiger partial charge in [-0.15, -0.1) is 0 Å². The van der Waals surface area contributed by atoms with Crippen molar-refractivity contribution in [1.82, 2.24) is 14.5 Å². The van der Waals surface area contributed by atoms with Crippen LogP contribution in [0.4, 0.5) is 8.78 Å². The van der Waals surface area contributed by atoms with Crippen LogP contribution in [0, 0.1) is 24.5 Å². The van der Waals surface area contributed by atoms with Crippen LogP contribution >= 0.6 is 0 Å². The number of benzene rings is 3. The summed E-state index contributed by atoms with van der Waals surface area (Å²) >= 11 is 0. The first kappa shape index (κ1) is 27.5. The highest BCUT2D eigenvalue weighted by molar-refractivity contribution is 5.92. The van der Waals surface area contributed by atoms with E-state index in [0.29, 0.717) is 64.9 Å². The molecule has 7 nitrogen and oxygen atoms in total. The van der Waals surface area contributed by atoms with Gasteiger partial charge in [-0.3, -0.25) is 0 Å². The number of aromatic nitrogens is 3. The number of nitrogens with zero attached hydrogens (tertiary/aromatic N) is 3. The van der Waals surface area contributed by atoms with E-state index in [2.05, 4.69) is 4.98 Å². The van der Waals surface area contributed by atoms with Crippen molar-refractivity contribution in [3.05, 3.63) is 113 Å². The zero-order chi connectivity index (χ0) is 29.2. The molecular weight excluding hydrogens is 540 g/mol. The van der Waals surface area contributed by atoms with E-state index in [1.165, 1.54) is 18.2 Å². The number of carbonyl (C=O) groups is 1. The van der Waals surface area contributed by atoms with E-state index in [4.69, 9.17) is 14.5 Å². The zero-order valence-electron chi connectivity index (χ0n) is 23.0. The normalized spacial score (nSPS) is 14.9. The van der Waals surface area contributed by atoms with Crippen molar-refractivity contribution in [3.8, 4) is 17.1 Å². The first-order valence-electron chi connectivity index (χ1n) is 13.8. The molecule has 0 saturated carbocycles. The van der Waals surface area contributed by atoms with Crippen LogP contribution in [0.15, 0.2) is 72.8 Å². The molecule has 3 heterocycles. The van der Waals surface area contributed by atoms with Gasteiger partial charge >= 0.3 is 5.97 Å². The van der Waals surface area contributed by atoms with Crippen LogP contribution in [-0.4, -0.2) is 38.8 Å². The molecular formula is C33H29F2N3O4. The summed E-state index contributed by atoms with van der Waals surface area (Å²) in [5.41, 5.74) is 4.36. The monoisotopic (exact) mass is 569 g/mol. The standard InChI is InChI=1S/C33H29F2N3O4/c1-20-5-6-25(26(34)13-20)19-42-32-4-2-3-28(37-32)23-8-7-22(27(35)14-23)16-31-36-29-10-9-24(33(39)40)15-30(29)38(31)17-21-11-12-41-18-21/h2-10,13-15,21H,11-12,16-19H2,1H3,(H,39,40)/t21-/m1/s1. The number of imidazole rings is 1. The molecule has 1 aliphatic rings. The number of rotatable bonds is 9. The number of halogens is 2. The molecule has 0 spiro atoms. The van der Waals surface area contributed by atoms with E-state index >= 15 is 4.39 Å². The number of aromatic carboxylic acids is 1. The van der Waals surface area contributed by atoms with Gasteiger partial charge in [0.1, 0.15) is 24.1 Å². The van der Waals surface area contributed by atoms with Crippen LogP contribution in [0.2, 0.25) is 0 Å². The lowest BCUT2D eigenvalue weighted by atomic mass is 10.0. The van der Waals surface area contributed by atoms with Gasteiger partial charge in [-0.1, -0.05) is 30.3 Å². The topological polar surface area (TPSA) is 86.5 Å². The number of carboxylic acid groups (broad SMARTS) is 1. The van der Waals surface area contributed by atoms with Crippen molar-refractivity contribution in [2.24, 2.45) is 5.92 Å². The van der Waals surface area contributed by atoms with Gasteiger partial charge in [0.15, 0.2) is 0 Å². The molecule has 3 aromatic carbocycles. The average Bonchev–Trinajstić information content (AvgIpc) is 3.61. The number of carboxylic acids is 1.